The number of amides is 2. The van der Waals surface area contributed by atoms with E-state index in [9.17, 15) is 9.59 Å². The minimum atomic E-state index is -0.178. The van der Waals surface area contributed by atoms with Gasteiger partial charge in [0, 0.05) is 37.8 Å². The lowest BCUT2D eigenvalue weighted by atomic mass is 10.1. The summed E-state index contributed by atoms with van der Waals surface area (Å²) in [6.07, 6.45) is 0. The number of aromatic nitrogens is 1. The van der Waals surface area contributed by atoms with Crippen molar-refractivity contribution >= 4 is 44.2 Å². The summed E-state index contributed by atoms with van der Waals surface area (Å²) in [5.74, 6) is -0.346. The maximum absolute atomic E-state index is 12.6. The molecular formula is C21H22N4O3S. The van der Waals surface area contributed by atoms with Crippen molar-refractivity contribution in [2.75, 3.05) is 36.9 Å². The SMILES string of the molecule is CC(=O)Nc1nc2ccc(C(=O)Nc3ccc(CN4CCOCC4)cc3)cc2s1. The Bertz CT molecular complexity index is 1030. The van der Waals surface area contributed by atoms with Crippen LogP contribution in [0.4, 0.5) is 10.8 Å². The highest BCUT2D eigenvalue weighted by Gasteiger charge is 2.12. The highest BCUT2D eigenvalue weighted by atomic mass is 32.1. The third-order valence-electron chi connectivity index (χ3n) is 4.66. The molecule has 0 saturated carbocycles. The lowest BCUT2D eigenvalue weighted by Crippen LogP contribution is -2.35. The van der Waals surface area contributed by atoms with Crippen LogP contribution in [0.2, 0.25) is 0 Å². The van der Waals surface area contributed by atoms with Gasteiger partial charge in [0.1, 0.15) is 0 Å². The number of anilines is 2. The fraction of sp³-hybridized carbons (Fsp3) is 0.286. The molecule has 2 aromatic carbocycles. The molecule has 1 aliphatic rings. The number of ether oxygens (including phenoxy) is 1. The number of morpholine rings is 1. The van der Waals surface area contributed by atoms with Gasteiger partial charge in [0.2, 0.25) is 5.91 Å². The fourth-order valence-electron chi connectivity index (χ4n) is 3.18. The second-order valence-corrected chi connectivity index (χ2v) is 7.95. The van der Waals surface area contributed by atoms with Crippen LogP contribution in [0.5, 0.6) is 0 Å². The molecule has 0 atom stereocenters. The summed E-state index contributed by atoms with van der Waals surface area (Å²) in [7, 11) is 0. The highest BCUT2D eigenvalue weighted by molar-refractivity contribution is 7.22. The molecular weight excluding hydrogens is 388 g/mol. The van der Waals surface area contributed by atoms with Crippen LogP contribution in [-0.2, 0) is 16.1 Å². The lowest BCUT2D eigenvalue weighted by Gasteiger charge is -2.26. The van der Waals surface area contributed by atoms with E-state index in [1.807, 2.05) is 24.3 Å². The maximum Gasteiger partial charge on any atom is 0.255 e. The summed E-state index contributed by atoms with van der Waals surface area (Å²) in [5.41, 5.74) is 3.27. The molecule has 1 aromatic heterocycles. The van der Waals surface area contributed by atoms with Gasteiger partial charge in [0.25, 0.3) is 5.91 Å². The molecule has 1 fully saturated rings. The van der Waals surface area contributed by atoms with Gasteiger partial charge < -0.3 is 15.4 Å². The highest BCUT2D eigenvalue weighted by Crippen LogP contribution is 2.27. The maximum atomic E-state index is 12.6. The summed E-state index contributed by atoms with van der Waals surface area (Å²) in [6.45, 7) is 5.78. The van der Waals surface area contributed by atoms with Crippen LogP contribution in [0.1, 0.15) is 22.8 Å². The molecule has 7 nitrogen and oxygen atoms in total. The van der Waals surface area contributed by atoms with Crippen molar-refractivity contribution < 1.29 is 14.3 Å². The Kier molecular flexibility index (Phi) is 5.84. The lowest BCUT2D eigenvalue weighted by molar-refractivity contribution is -0.114. The van der Waals surface area contributed by atoms with E-state index in [4.69, 9.17) is 4.74 Å². The molecule has 0 aliphatic carbocycles. The third kappa shape index (κ3) is 4.97. The zero-order valence-corrected chi connectivity index (χ0v) is 16.9. The van der Waals surface area contributed by atoms with E-state index in [-0.39, 0.29) is 11.8 Å². The molecule has 2 heterocycles. The summed E-state index contributed by atoms with van der Waals surface area (Å²) >= 11 is 1.35. The summed E-state index contributed by atoms with van der Waals surface area (Å²) in [5, 5.41) is 6.14. The largest absolute Gasteiger partial charge is 0.379 e. The standard InChI is InChI=1S/C21H22N4O3S/c1-14(26)22-21-24-18-7-4-16(12-19(18)29-21)20(27)23-17-5-2-15(3-6-17)13-25-8-10-28-11-9-25/h2-7,12H,8-11,13H2,1H3,(H,23,27)(H,22,24,26). The summed E-state index contributed by atoms with van der Waals surface area (Å²) in [6, 6.07) is 13.2. The van der Waals surface area contributed by atoms with E-state index < -0.39 is 0 Å². The monoisotopic (exact) mass is 410 g/mol. The van der Waals surface area contributed by atoms with Gasteiger partial charge in [0.15, 0.2) is 5.13 Å². The predicted octanol–water partition coefficient (Wildman–Crippen LogP) is 3.34. The third-order valence-corrected chi connectivity index (χ3v) is 5.59. The minimum absolute atomic E-state index is 0.168. The van der Waals surface area contributed by atoms with Crippen LogP contribution in [0.15, 0.2) is 42.5 Å². The molecule has 29 heavy (non-hydrogen) atoms. The van der Waals surface area contributed by atoms with Crippen molar-refractivity contribution in [3.05, 3.63) is 53.6 Å². The van der Waals surface area contributed by atoms with E-state index in [0.29, 0.717) is 10.7 Å². The number of rotatable bonds is 5. The normalized spacial score (nSPS) is 14.7. The van der Waals surface area contributed by atoms with Gasteiger partial charge in [-0.3, -0.25) is 14.5 Å². The van der Waals surface area contributed by atoms with Gasteiger partial charge in [0.05, 0.1) is 23.4 Å². The summed E-state index contributed by atoms with van der Waals surface area (Å²) < 4.78 is 6.23. The molecule has 8 heteroatoms. The van der Waals surface area contributed by atoms with Crippen LogP contribution < -0.4 is 10.6 Å². The first-order valence-corrected chi connectivity index (χ1v) is 10.3. The second kappa shape index (κ2) is 8.69. The van der Waals surface area contributed by atoms with E-state index >= 15 is 0 Å². The van der Waals surface area contributed by atoms with Gasteiger partial charge in [-0.2, -0.15) is 0 Å². The van der Waals surface area contributed by atoms with Crippen molar-refractivity contribution in [3.63, 3.8) is 0 Å². The quantitative estimate of drug-likeness (QED) is 0.674. The van der Waals surface area contributed by atoms with Crippen LogP contribution in [0, 0.1) is 0 Å². The second-order valence-electron chi connectivity index (χ2n) is 6.92. The van der Waals surface area contributed by atoms with Gasteiger partial charge >= 0.3 is 0 Å². The average Bonchev–Trinajstić information content (AvgIpc) is 3.11. The molecule has 4 rings (SSSR count). The molecule has 0 bridgehead atoms. The predicted molar refractivity (Wildman–Crippen MR) is 114 cm³/mol. The molecule has 0 unspecified atom stereocenters. The van der Waals surface area contributed by atoms with Gasteiger partial charge in [-0.25, -0.2) is 4.98 Å². The molecule has 1 aliphatic heterocycles. The molecule has 2 amide bonds. The number of thiazole rings is 1. The minimum Gasteiger partial charge on any atom is -0.379 e. The Morgan fingerprint density at radius 3 is 2.59 bits per heavy atom. The molecule has 3 aromatic rings. The van der Waals surface area contributed by atoms with E-state index in [2.05, 4.69) is 20.5 Å². The van der Waals surface area contributed by atoms with E-state index in [1.54, 1.807) is 18.2 Å². The van der Waals surface area contributed by atoms with Gasteiger partial charge in [-0.1, -0.05) is 23.5 Å². The Morgan fingerprint density at radius 2 is 1.86 bits per heavy atom. The number of hydrogen-bond acceptors (Lipinski definition) is 6. The van der Waals surface area contributed by atoms with Crippen molar-refractivity contribution in [2.24, 2.45) is 0 Å². The van der Waals surface area contributed by atoms with E-state index in [1.165, 1.54) is 23.8 Å². The van der Waals surface area contributed by atoms with Gasteiger partial charge in [-0.05, 0) is 35.9 Å². The topological polar surface area (TPSA) is 83.6 Å². The van der Waals surface area contributed by atoms with Crippen molar-refractivity contribution in [1.82, 2.24) is 9.88 Å². The molecule has 2 N–H and O–H groups in total. The van der Waals surface area contributed by atoms with Crippen molar-refractivity contribution in [3.8, 4) is 0 Å². The van der Waals surface area contributed by atoms with Gasteiger partial charge in [-0.15, -0.1) is 0 Å². The molecule has 0 spiro atoms. The van der Waals surface area contributed by atoms with Crippen LogP contribution in [0.25, 0.3) is 10.2 Å². The van der Waals surface area contributed by atoms with E-state index in [0.717, 1.165) is 48.8 Å². The first-order chi connectivity index (χ1) is 14.1. The number of nitrogens with zero attached hydrogens (tertiary/aromatic N) is 2. The Morgan fingerprint density at radius 1 is 1.10 bits per heavy atom. The smallest absolute Gasteiger partial charge is 0.255 e. The zero-order chi connectivity index (χ0) is 20.2. The Balaban J connectivity index is 1.41. The Labute approximate surface area is 172 Å². The number of carbonyl (C=O) groups is 2. The number of hydrogen-bond donors (Lipinski definition) is 2. The van der Waals surface area contributed by atoms with Crippen LogP contribution in [-0.4, -0.2) is 48.0 Å². The first kappa shape index (κ1) is 19.5. The molecule has 0 radical (unpaired) electrons. The average molecular weight is 410 g/mol. The van der Waals surface area contributed by atoms with Crippen molar-refractivity contribution in [1.29, 1.82) is 0 Å². The zero-order valence-electron chi connectivity index (χ0n) is 16.1. The Hall–Kier alpha value is -2.81. The van der Waals surface area contributed by atoms with Crippen LogP contribution in [0.3, 0.4) is 0 Å². The number of fused-ring (bicyclic) bond motifs is 1. The molecule has 150 valence electrons. The van der Waals surface area contributed by atoms with Crippen molar-refractivity contribution in [2.45, 2.75) is 13.5 Å². The fourth-order valence-corrected chi connectivity index (χ4v) is 4.14. The number of benzene rings is 2. The first-order valence-electron chi connectivity index (χ1n) is 9.45. The number of nitrogens with one attached hydrogen (secondary N) is 2. The van der Waals surface area contributed by atoms with Crippen LogP contribution >= 0.6 is 11.3 Å². The summed E-state index contributed by atoms with van der Waals surface area (Å²) in [4.78, 5) is 30.5. The molecule has 1 saturated heterocycles. The number of carbonyl (C=O) groups excluding carboxylic acids is 2.